The van der Waals surface area contributed by atoms with Crippen LogP contribution in [-0.2, 0) is 9.71 Å². The van der Waals surface area contributed by atoms with Crippen molar-refractivity contribution < 1.29 is 4.21 Å². The van der Waals surface area contributed by atoms with Crippen LogP contribution >= 0.6 is 0 Å². The fraction of sp³-hybridized carbons (Fsp3) is 0.0833. The van der Waals surface area contributed by atoms with Crippen LogP contribution < -0.4 is 10.9 Å². The van der Waals surface area contributed by atoms with E-state index in [1.54, 1.807) is 17.6 Å². The molecule has 1 aromatic carbocycles. The first-order valence-electron chi connectivity index (χ1n) is 5.25. The smallest absolute Gasteiger partial charge is 0.220 e. The Morgan fingerprint density at radius 1 is 1.33 bits per heavy atom. The Bertz CT molecular complexity index is 682. The van der Waals surface area contributed by atoms with E-state index >= 15 is 0 Å². The van der Waals surface area contributed by atoms with Gasteiger partial charge in [0.25, 0.3) is 0 Å². The molecule has 5 nitrogen and oxygen atoms in total. The Morgan fingerprint density at radius 3 is 2.78 bits per heavy atom. The average Bonchev–Trinajstić information content (AvgIpc) is 2.27. The lowest BCUT2D eigenvalue weighted by atomic mass is 10.1. The summed E-state index contributed by atoms with van der Waals surface area (Å²) in [6.45, 7) is 0. The van der Waals surface area contributed by atoms with E-state index in [0.29, 0.717) is 0 Å². The summed E-state index contributed by atoms with van der Waals surface area (Å²) in [5.74, 6) is 0.222. The zero-order valence-electron chi connectivity index (χ0n) is 9.91. The predicted octanol–water partition coefficient (Wildman–Crippen LogP) is 0.664. The summed E-state index contributed by atoms with van der Waals surface area (Å²) in [5, 5.41) is 7.05. The highest BCUT2D eigenvalue weighted by atomic mass is 32.2. The van der Waals surface area contributed by atoms with Gasteiger partial charge in [0.2, 0.25) is 5.95 Å². The minimum atomic E-state index is -2.42. The van der Waals surface area contributed by atoms with Gasteiger partial charge in [-0.15, -0.1) is 0 Å². The molecule has 6 heteroatoms. The van der Waals surface area contributed by atoms with Crippen molar-refractivity contribution in [2.45, 2.75) is 0 Å². The molecular formula is C12H14N4OS. The van der Waals surface area contributed by atoms with Crippen LogP contribution in [0.15, 0.2) is 36.5 Å². The van der Waals surface area contributed by atoms with Gasteiger partial charge in [0, 0.05) is 33.1 Å². The molecule has 0 aliphatic heterocycles. The van der Waals surface area contributed by atoms with Gasteiger partial charge in [-0.3, -0.25) is 9.35 Å². The van der Waals surface area contributed by atoms with Gasteiger partial charge in [-0.2, -0.15) is 0 Å². The van der Waals surface area contributed by atoms with Gasteiger partial charge >= 0.3 is 0 Å². The molecule has 1 aromatic heterocycles. The number of aromatic nitrogens is 2. The maximum atomic E-state index is 11.5. The van der Waals surface area contributed by atoms with Gasteiger partial charge < -0.3 is 5.73 Å². The monoisotopic (exact) mass is 262 g/mol. The number of nitrogen functional groups attached to an aromatic ring is 1. The molecule has 2 aromatic rings. The van der Waals surface area contributed by atoms with Crippen molar-refractivity contribution in [2.24, 2.45) is 5.14 Å². The van der Waals surface area contributed by atoms with E-state index < -0.39 is 9.71 Å². The lowest BCUT2D eigenvalue weighted by molar-refractivity contribution is 0.686. The molecule has 0 saturated carbocycles. The van der Waals surface area contributed by atoms with Crippen molar-refractivity contribution in [3.63, 3.8) is 0 Å². The van der Waals surface area contributed by atoms with Crippen LogP contribution in [0.5, 0.6) is 0 Å². The molecule has 1 atom stereocenters. The van der Waals surface area contributed by atoms with Crippen LogP contribution in [0.1, 0.15) is 5.56 Å². The van der Waals surface area contributed by atoms with Crippen LogP contribution in [0.3, 0.4) is 0 Å². The van der Waals surface area contributed by atoms with Gasteiger partial charge in [0.1, 0.15) is 0 Å². The first-order chi connectivity index (χ1) is 8.44. The third kappa shape index (κ3) is 3.28. The first kappa shape index (κ1) is 12.5. The van der Waals surface area contributed by atoms with E-state index in [2.05, 4.69) is 9.97 Å². The second-order valence-electron chi connectivity index (χ2n) is 4.01. The van der Waals surface area contributed by atoms with Gasteiger partial charge in [0.15, 0.2) is 0 Å². The molecule has 0 aliphatic rings. The summed E-state index contributed by atoms with van der Waals surface area (Å²) >= 11 is 0. The summed E-state index contributed by atoms with van der Waals surface area (Å²) < 4.78 is 11.5. The molecule has 0 bridgehead atoms. The summed E-state index contributed by atoms with van der Waals surface area (Å²) in [6, 6.07) is 9.21. The molecule has 1 heterocycles. The summed E-state index contributed by atoms with van der Waals surface area (Å²) in [6.07, 6.45) is 3.09. The third-order valence-electron chi connectivity index (χ3n) is 2.23. The van der Waals surface area contributed by atoms with E-state index in [9.17, 15) is 4.21 Å². The summed E-state index contributed by atoms with van der Waals surface area (Å²) in [7, 11) is -2.42. The molecule has 1 unspecified atom stereocenters. The lowest BCUT2D eigenvalue weighted by Crippen LogP contribution is -2.12. The third-order valence-corrected chi connectivity index (χ3v) is 2.97. The van der Waals surface area contributed by atoms with Crippen LogP contribution in [0, 0.1) is 0 Å². The second kappa shape index (κ2) is 4.75. The number of anilines is 1. The number of hydrogen-bond acceptors (Lipinski definition) is 4. The van der Waals surface area contributed by atoms with E-state index in [4.69, 9.17) is 10.9 Å². The second-order valence-corrected chi connectivity index (χ2v) is 6.18. The fourth-order valence-corrected chi connectivity index (χ4v) is 2.26. The van der Waals surface area contributed by atoms with Gasteiger partial charge in [-0.25, -0.2) is 9.97 Å². The molecule has 94 valence electrons. The van der Waals surface area contributed by atoms with Crippen LogP contribution in [0.4, 0.5) is 5.95 Å². The summed E-state index contributed by atoms with van der Waals surface area (Å²) in [5.41, 5.74) is 7.93. The van der Waals surface area contributed by atoms with Crippen LogP contribution in [0.25, 0.3) is 11.3 Å². The summed E-state index contributed by atoms with van der Waals surface area (Å²) in [4.78, 5) is 7.97. The molecule has 4 N–H and O–H groups in total. The molecule has 0 saturated heterocycles. The van der Waals surface area contributed by atoms with E-state index in [1.165, 1.54) is 6.26 Å². The fourth-order valence-electron chi connectivity index (χ4n) is 1.58. The normalized spacial score (nSPS) is 13.9. The van der Waals surface area contributed by atoms with Crippen molar-refractivity contribution in [2.75, 3.05) is 12.0 Å². The molecule has 0 fully saturated rings. The standard InChI is InChI=1S/C12H14N4OS/c1-18(14,17)8-9-3-2-4-10(7-9)11-5-6-15-12(13)16-11/h2-8H,1H3,(H2,14,17)(H2,13,15,16). The highest BCUT2D eigenvalue weighted by Crippen LogP contribution is 2.17. The first-order valence-corrected chi connectivity index (χ1v) is 7.34. The molecule has 0 radical (unpaired) electrons. The minimum Gasteiger partial charge on any atom is -0.368 e. The molecule has 0 aliphatic carbocycles. The van der Waals surface area contributed by atoms with Crippen molar-refractivity contribution in [1.29, 1.82) is 0 Å². The van der Waals surface area contributed by atoms with Crippen LogP contribution in [0.2, 0.25) is 0 Å². The average molecular weight is 262 g/mol. The Kier molecular flexibility index (Phi) is 3.31. The maximum absolute atomic E-state index is 11.5. The highest BCUT2D eigenvalue weighted by Gasteiger charge is 2.01. The highest BCUT2D eigenvalue weighted by molar-refractivity contribution is 7.98. The topological polar surface area (TPSA) is 94.9 Å². The van der Waals surface area contributed by atoms with Crippen LogP contribution in [-0.4, -0.2) is 25.8 Å². The molecule has 2 rings (SSSR count). The number of nitrogens with zero attached hydrogens (tertiary/aromatic N) is 2. The zero-order chi connectivity index (χ0) is 13.2. The van der Waals surface area contributed by atoms with Gasteiger partial charge in [-0.05, 0) is 17.7 Å². The van der Waals surface area contributed by atoms with Gasteiger partial charge in [0.05, 0.1) is 5.69 Å². The van der Waals surface area contributed by atoms with Crippen molar-refractivity contribution in [1.82, 2.24) is 9.97 Å². The number of nitrogens with two attached hydrogens (primary N) is 2. The van der Waals surface area contributed by atoms with E-state index in [1.807, 2.05) is 24.3 Å². The lowest BCUT2D eigenvalue weighted by Gasteiger charge is -2.03. The SMILES string of the molecule is CS(N)(=O)=Cc1cccc(-c2ccnc(N)n2)c1. The zero-order valence-corrected chi connectivity index (χ0v) is 10.7. The largest absolute Gasteiger partial charge is 0.368 e. The predicted molar refractivity (Wildman–Crippen MR) is 75.3 cm³/mol. The number of rotatable bonds is 2. The Balaban J connectivity index is 2.48. The minimum absolute atomic E-state index is 0.222. The van der Waals surface area contributed by atoms with E-state index in [0.717, 1.165) is 16.8 Å². The van der Waals surface area contributed by atoms with Crippen molar-refractivity contribution in [3.05, 3.63) is 42.1 Å². The quantitative estimate of drug-likeness (QED) is 0.777. The Morgan fingerprint density at radius 2 is 2.11 bits per heavy atom. The van der Waals surface area contributed by atoms with Gasteiger partial charge in [-0.1, -0.05) is 18.2 Å². The molecule has 0 spiro atoms. The number of benzene rings is 1. The molecule has 0 amide bonds. The maximum Gasteiger partial charge on any atom is 0.220 e. The molecular weight excluding hydrogens is 248 g/mol. The van der Waals surface area contributed by atoms with Crippen molar-refractivity contribution in [3.8, 4) is 11.3 Å². The van der Waals surface area contributed by atoms with Crippen molar-refractivity contribution >= 4 is 21.0 Å². The Hall–Kier alpha value is -1.92. The molecule has 18 heavy (non-hydrogen) atoms. The Labute approximate surface area is 106 Å². The number of hydrogen-bond donors (Lipinski definition) is 2. The van der Waals surface area contributed by atoms with E-state index in [-0.39, 0.29) is 5.95 Å².